The van der Waals surface area contributed by atoms with Crippen LogP contribution < -0.4 is 5.32 Å². The van der Waals surface area contributed by atoms with E-state index in [0.29, 0.717) is 12.1 Å². The molecule has 3 aromatic rings. The number of rotatable bonds is 5. The summed E-state index contributed by atoms with van der Waals surface area (Å²) in [5.41, 5.74) is 1.64. The normalized spacial score (nSPS) is 10.8. The van der Waals surface area contributed by atoms with Crippen LogP contribution in [0.1, 0.15) is 15.4 Å². The number of thiazole rings is 1. The van der Waals surface area contributed by atoms with E-state index in [9.17, 15) is 4.79 Å². The lowest BCUT2D eigenvalue weighted by Gasteiger charge is -2.06. The lowest BCUT2D eigenvalue weighted by atomic mass is 10.2. The predicted molar refractivity (Wildman–Crippen MR) is 91.7 cm³/mol. The summed E-state index contributed by atoms with van der Waals surface area (Å²) < 4.78 is 1.18. The average Bonchev–Trinajstić information content (AvgIpc) is 2.97. The van der Waals surface area contributed by atoms with Crippen molar-refractivity contribution in [2.24, 2.45) is 0 Å². The first kappa shape index (κ1) is 15.0. The summed E-state index contributed by atoms with van der Waals surface area (Å²) in [5.74, 6) is -0.0847. The van der Waals surface area contributed by atoms with Crippen LogP contribution >= 0.6 is 23.1 Å². The third-order valence-electron chi connectivity index (χ3n) is 3.17. The molecule has 0 bridgehead atoms. The van der Waals surface area contributed by atoms with Crippen molar-refractivity contribution < 1.29 is 4.79 Å². The van der Waals surface area contributed by atoms with E-state index in [2.05, 4.69) is 21.4 Å². The zero-order valence-corrected chi connectivity index (χ0v) is 13.7. The Morgan fingerprint density at radius 3 is 2.95 bits per heavy atom. The van der Waals surface area contributed by atoms with Gasteiger partial charge in [-0.25, -0.2) is 9.97 Å². The highest BCUT2D eigenvalue weighted by Crippen LogP contribution is 2.21. The van der Waals surface area contributed by atoms with Crippen LogP contribution in [0, 0.1) is 0 Å². The molecule has 1 amide bonds. The van der Waals surface area contributed by atoms with Crippen molar-refractivity contribution in [3.63, 3.8) is 0 Å². The number of carbonyl (C=O) groups is 1. The molecule has 0 aliphatic heterocycles. The number of nitrogens with zero attached hydrogens (tertiary/aromatic N) is 2. The smallest absolute Gasteiger partial charge is 0.254 e. The van der Waals surface area contributed by atoms with Crippen LogP contribution in [-0.4, -0.2) is 28.7 Å². The van der Waals surface area contributed by atoms with Gasteiger partial charge >= 0.3 is 0 Å². The molecule has 0 aliphatic rings. The predicted octanol–water partition coefficient (Wildman–Crippen LogP) is 3.39. The number of benzene rings is 1. The van der Waals surface area contributed by atoms with E-state index >= 15 is 0 Å². The first-order valence-corrected chi connectivity index (χ1v) is 8.93. The summed E-state index contributed by atoms with van der Waals surface area (Å²) in [6.45, 7) is 0.571. The molecule has 0 fully saturated rings. The zero-order valence-electron chi connectivity index (χ0n) is 12.1. The number of thioether (sulfide) groups is 1. The Kier molecular flexibility index (Phi) is 4.70. The van der Waals surface area contributed by atoms with Gasteiger partial charge in [0.2, 0.25) is 0 Å². The van der Waals surface area contributed by atoms with Gasteiger partial charge in [0, 0.05) is 19.2 Å². The van der Waals surface area contributed by atoms with Gasteiger partial charge in [-0.15, -0.1) is 23.1 Å². The summed E-state index contributed by atoms with van der Waals surface area (Å²) in [4.78, 5) is 21.0. The van der Waals surface area contributed by atoms with E-state index in [0.717, 1.165) is 22.0 Å². The number of aromatic nitrogens is 2. The molecule has 0 aliphatic carbocycles. The Bertz CT molecular complexity index is 768. The van der Waals surface area contributed by atoms with Crippen molar-refractivity contribution in [1.29, 1.82) is 0 Å². The Hall–Kier alpha value is -1.92. The molecule has 0 saturated carbocycles. The largest absolute Gasteiger partial charge is 0.352 e. The number of hydrogen-bond acceptors (Lipinski definition) is 5. The Balaban J connectivity index is 1.61. The second kappa shape index (κ2) is 6.89. The summed E-state index contributed by atoms with van der Waals surface area (Å²) >= 11 is 3.15. The molecule has 1 aromatic carbocycles. The van der Waals surface area contributed by atoms with Crippen LogP contribution in [0.3, 0.4) is 0 Å². The van der Waals surface area contributed by atoms with Gasteiger partial charge in [0.05, 0.1) is 20.8 Å². The molecule has 0 saturated heterocycles. The monoisotopic (exact) mass is 329 g/mol. The molecule has 0 spiro atoms. The van der Waals surface area contributed by atoms with E-state index < -0.39 is 0 Å². The highest BCUT2D eigenvalue weighted by Gasteiger charge is 2.11. The molecule has 112 valence electrons. The summed E-state index contributed by atoms with van der Waals surface area (Å²) in [5, 5.41) is 4.73. The molecule has 22 heavy (non-hydrogen) atoms. The van der Waals surface area contributed by atoms with Crippen LogP contribution in [-0.2, 0) is 6.42 Å². The van der Waals surface area contributed by atoms with Gasteiger partial charge in [-0.05, 0) is 30.5 Å². The second-order valence-corrected chi connectivity index (χ2v) is 6.55. The molecule has 1 N–H and O–H groups in total. The number of hydrogen-bond donors (Lipinski definition) is 1. The molecule has 0 atom stereocenters. The fourth-order valence-electron chi connectivity index (χ4n) is 2.13. The highest BCUT2D eigenvalue weighted by molar-refractivity contribution is 7.98. The Morgan fingerprint density at radius 2 is 2.14 bits per heavy atom. The van der Waals surface area contributed by atoms with Crippen LogP contribution in [0.2, 0.25) is 0 Å². The number of pyridine rings is 1. The summed E-state index contributed by atoms with van der Waals surface area (Å²) in [6, 6.07) is 11.6. The number of carbonyl (C=O) groups excluding carboxylic acids is 1. The number of fused-ring (bicyclic) bond motifs is 1. The maximum Gasteiger partial charge on any atom is 0.254 e. The van der Waals surface area contributed by atoms with Crippen molar-refractivity contribution in [2.75, 3.05) is 12.8 Å². The van der Waals surface area contributed by atoms with Gasteiger partial charge in [0.15, 0.2) is 0 Å². The van der Waals surface area contributed by atoms with Crippen LogP contribution in [0.5, 0.6) is 0 Å². The molecular weight excluding hydrogens is 314 g/mol. The van der Waals surface area contributed by atoms with E-state index in [1.165, 1.54) is 16.5 Å². The third kappa shape index (κ3) is 3.28. The topological polar surface area (TPSA) is 54.9 Å². The number of para-hydroxylation sites is 1. The van der Waals surface area contributed by atoms with Crippen LogP contribution in [0.15, 0.2) is 47.6 Å². The highest BCUT2D eigenvalue weighted by atomic mass is 32.2. The van der Waals surface area contributed by atoms with Crippen molar-refractivity contribution in [3.05, 3.63) is 53.2 Å². The van der Waals surface area contributed by atoms with Crippen molar-refractivity contribution in [3.8, 4) is 0 Å². The second-order valence-electron chi connectivity index (χ2n) is 4.64. The number of nitrogens with one attached hydrogen (secondary N) is 1. The maximum atomic E-state index is 12.2. The number of amides is 1. The molecule has 4 nitrogen and oxygen atoms in total. The molecule has 2 heterocycles. The molecule has 0 unspecified atom stereocenters. The van der Waals surface area contributed by atoms with Crippen molar-refractivity contribution >= 4 is 39.2 Å². The van der Waals surface area contributed by atoms with Crippen LogP contribution in [0.4, 0.5) is 0 Å². The van der Waals surface area contributed by atoms with Gasteiger partial charge in [0.1, 0.15) is 5.03 Å². The van der Waals surface area contributed by atoms with Gasteiger partial charge in [-0.2, -0.15) is 0 Å². The minimum absolute atomic E-state index is 0.0847. The van der Waals surface area contributed by atoms with Gasteiger partial charge in [-0.3, -0.25) is 4.79 Å². The van der Waals surface area contributed by atoms with Gasteiger partial charge in [0.25, 0.3) is 5.91 Å². The standard InChI is InChI=1S/C16H15N3OS2/c1-21-16-11(5-4-9-18-16)15(20)17-10-8-14-19-12-6-2-3-7-13(12)22-14/h2-7,9H,8,10H2,1H3,(H,17,20). The average molecular weight is 329 g/mol. The van der Waals surface area contributed by atoms with E-state index in [-0.39, 0.29) is 5.91 Å². The molecule has 6 heteroatoms. The lowest BCUT2D eigenvalue weighted by molar-refractivity contribution is 0.0950. The van der Waals surface area contributed by atoms with Crippen LogP contribution in [0.25, 0.3) is 10.2 Å². The van der Waals surface area contributed by atoms with Gasteiger partial charge in [-0.1, -0.05) is 12.1 Å². The molecule has 3 rings (SSSR count). The Labute approximate surface area is 137 Å². The zero-order chi connectivity index (χ0) is 15.4. The quantitative estimate of drug-likeness (QED) is 0.729. The molecular formula is C16H15N3OS2. The van der Waals surface area contributed by atoms with E-state index in [4.69, 9.17) is 0 Å². The van der Waals surface area contributed by atoms with Crippen molar-refractivity contribution in [1.82, 2.24) is 15.3 Å². The fourth-order valence-corrected chi connectivity index (χ4v) is 3.65. The molecule has 2 aromatic heterocycles. The maximum absolute atomic E-state index is 12.2. The van der Waals surface area contributed by atoms with Gasteiger partial charge < -0.3 is 5.32 Å². The summed E-state index contributed by atoms with van der Waals surface area (Å²) in [6.07, 6.45) is 4.35. The summed E-state index contributed by atoms with van der Waals surface area (Å²) in [7, 11) is 0. The third-order valence-corrected chi connectivity index (χ3v) is 4.98. The lowest BCUT2D eigenvalue weighted by Crippen LogP contribution is -2.26. The SMILES string of the molecule is CSc1ncccc1C(=O)NCCc1nc2ccccc2s1. The molecule has 0 radical (unpaired) electrons. The first-order valence-electron chi connectivity index (χ1n) is 6.89. The van der Waals surface area contributed by atoms with E-state index in [1.54, 1.807) is 29.7 Å². The van der Waals surface area contributed by atoms with Crippen molar-refractivity contribution in [2.45, 2.75) is 11.4 Å². The first-order chi connectivity index (χ1) is 10.8. The fraction of sp³-hybridized carbons (Fsp3) is 0.188. The minimum Gasteiger partial charge on any atom is -0.352 e. The minimum atomic E-state index is -0.0847. The van der Waals surface area contributed by atoms with E-state index in [1.807, 2.05) is 24.5 Å². The Morgan fingerprint density at radius 1 is 1.27 bits per heavy atom.